The molecule has 0 aromatic rings. The number of halogens is 5. The Kier molecular flexibility index (Phi) is 9.21. The van der Waals surface area contributed by atoms with E-state index < -0.39 is 12.1 Å². The highest BCUT2D eigenvalue weighted by molar-refractivity contribution is 5.65. The molecule has 0 amide bonds. The van der Waals surface area contributed by atoms with Crippen LogP contribution in [0.2, 0.25) is 0 Å². The van der Waals surface area contributed by atoms with Crippen molar-refractivity contribution in [2.24, 2.45) is 0 Å². The number of carbonyl (C=O) groups is 1. The molecule has 2 nitrogen and oxygen atoms in total. The molecule has 0 radical (unpaired) electrons. The summed E-state index contributed by atoms with van der Waals surface area (Å²) in [7, 11) is 0. The highest BCUT2D eigenvalue weighted by Crippen LogP contribution is 2.36. The van der Waals surface area contributed by atoms with Gasteiger partial charge in [-0.2, -0.15) is 22.0 Å². The zero-order valence-electron chi connectivity index (χ0n) is 12.0. The molecule has 0 saturated carbocycles. The summed E-state index contributed by atoms with van der Waals surface area (Å²) in [5.41, 5.74) is 0. The Morgan fingerprint density at radius 1 is 0.952 bits per heavy atom. The van der Waals surface area contributed by atoms with Gasteiger partial charge in [-0.25, -0.2) is 0 Å². The summed E-state index contributed by atoms with van der Waals surface area (Å²) in [5, 5.41) is 0. The van der Waals surface area contributed by atoms with Gasteiger partial charge < -0.3 is 4.74 Å². The second kappa shape index (κ2) is 9.73. The van der Waals surface area contributed by atoms with Crippen LogP contribution in [0.25, 0.3) is 0 Å². The molecule has 0 spiro atoms. The Bertz CT molecular complexity index is 324. The van der Waals surface area contributed by atoms with Crippen LogP contribution < -0.4 is 0 Å². The Hall–Kier alpha value is -1.14. The number of hydrogen-bond donors (Lipinski definition) is 0. The van der Waals surface area contributed by atoms with Crippen LogP contribution in [0.3, 0.4) is 0 Å². The first-order valence-corrected chi connectivity index (χ1v) is 6.92. The van der Waals surface area contributed by atoms with Crippen LogP contribution in [-0.4, -0.2) is 24.7 Å². The molecule has 0 aromatic carbocycles. The fourth-order valence-corrected chi connectivity index (χ4v) is 1.61. The summed E-state index contributed by atoms with van der Waals surface area (Å²) in [4.78, 5) is 10.5. The Balaban J connectivity index is 3.50. The Morgan fingerprint density at radius 2 is 1.48 bits per heavy atom. The standard InChI is InChI=1S/C14H21F5O2/c1-12(20)21-11-9-7-5-3-2-4-6-8-10-13(15,16)14(17,18)19/h8,10H,2-7,9,11H2,1H3/b10-8-. The van der Waals surface area contributed by atoms with Gasteiger partial charge in [-0.05, 0) is 25.3 Å². The molecule has 124 valence electrons. The van der Waals surface area contributed by atoms with E-state index in [4.69, 9.17) is 4.74 Å². The van der Waals surface area contributed by atoms with Crippen LogP contribution in [0.5, 0.6) is 0 Å². The van der Waals surface area contributed by atoms with Gasteiger partial charge in [0.05, 0.1) is 6.61 Å². The van der Waals surface area contributed by atoms with E-state index in [9.17, 15) is 26.7 Å². The van der Waals surface area contributed by atoms with Crippen LogP contribution in [0, 0.1) is 0 Å². The second-order valence-corrected chi connectivity index (χ2v) is 4.77. The third-order valence-electron chi connectivity index (χ3n) is 2.78. The van der Waals surface area contributed by atoms with Gasteiger partial charge in [-0.1, -0.05) is 31.8 Å². The Morgan fingerprint density at radius 3 is 2.00 bits per heavy atom. The van der Waals surface area contributed by atoms with Crippen molar-refractivity contribution in [3.63, 3.8) is 0 Å². The van der Waals surface area contributed by atoms with Crippen LogP contribution in [-0.2, 0) is 9.53 Å². The minimum Gasteiger partial charge on any atom is -0.466 e. The fraction of sp³-hybridized carbons (Fsp3) is 0.786. The predicted molar refractivity (Wildman–Crippen MR) is 69.1 cm³/mol. The number of hydrogen-bond acceptors (Lipinski definition) is 2. The van der Waals surface area contributed by atoms with Crippen LogP contribution in [0.1, 0.15) is 51.9 Å². The molecule has 0 unspecified atom stereocenters. The SMILES string of the molecule is CC(=O)OCCCCCCCC/C=C\C(F)(F)C(F)(F)F. The topological polar surface area (TPSA) is 26.3 Å². The third kappa shape index (κ3) is 10.3. The molecule has 0 saturated heterocycles. The quantitative estimate of drug-likeness (QED) is 0.244. The number of esters is 1. The van der Waals surface area contributed by atoms with Crippen molar-refractivity contribution >= 4 is 5.97 Å². The average molecular weight is 316 g/mol. The molecule has 0 aliphatic rings. The zero-order chi connectivity index (χ0) is 16.4. The lowest BCUT2D eigenvalue weighted by Gasteiger charge is -2.15. The van der Waals surface area contributed by atoms with Crippen LogP contribution in [0.4, 0.5) is 22.0 Å². The number of allylic oxidation sites excluding steroid dienone is 2. The number of ether oxygens (including phenoxy) is 1. The van der Waals surface area contributed by atoms with Crippen LogP contribution >= 0.6 is 0 Å². The Labute approximate surface area is 121 Å². The van der Waals surface area contributed by atoms with E-state index in [0.717, 1.165) is 38.2 Å². The number of unbranched alkanes of at least 4 members (excludes halogenated alkanes) is 6. The van der Waals surface area contributed by atoms with Gasteiger partial charge >= 0.3 is 18.1 Å². The minimum absolute atomic E-state index is 0.0773. The molecule has 7 heteroatoms. The summed E-state index contributed by atoms with van der Waals surface area (Å²) >= 11 is 0. The van der Waals surface area contributed by atoms with Crippen LogP contribution in [0.15, 0.2) is 12.2 Å². The number of alkyl halides is 5. The summed E-state index contributed by atoms with van der Waals surface area (Å²) in [6, 6.07) is 0. The van der Waals surface area contributed by atoms with E-state index in [0.29, 0.717) is 13.0 Å². The van der Waals surface area contributed by atoms with Gasteiger partial charge in [-0.3, -0.25) is 4.79 Å². The minimum atomic E-state index is -5.52. The number of rotatable bonds is 10. The highest BCUT2D eigenvalue weighted by Gasteiger charge is 2.55. The predicted octanol–water partition coefficient (Wildman–Crippen LogP) is 5.03. The summed E-state index contributed by atoms with van der Waals surface area (Å²) in [5.74, 6) is -5.05. The molecule has 0 atom stereocenters. The first kappa shape index (κ1) is 19.9. The lowest BCUT2D eigenvalue weighted by atomic mass is 10.1. The third-order valence-corrected chi connectivity index (χ3v) is 2.78. The van der Waals surface area contributed by atoms with Crippen molar-refractivity contribution in [3.8, 4) is 0 Å². The summed E-state index contributed by atoms with van der Waals surface area (Å²) in [6.07, 6.45) is 0.314. The maximum absolute atomic E-state index is 12.5. The zero-order valence-corrected chi connectivity index (χ0v) is 12.0. The van der Waals surface area contributed by atoms with E-state index in [1.165, 1.54) is 6.92 Å². The van der Waals surface area contributed by atoms with Gasteiger partial charge in [0.2, 0.25) is 0 Å². The van der Waals surface area contributed by atoms with E-state index in [2.05, 4.69) is 0 Å². The molecule has 0 N–H and O–H groups in total. The normalized spacial score (nSPS) is 12.9. The van der Waals surface area contributed by atoms with E-state index >= 15 is 0 Å². The molecular weight excluding hydrogens is 295 g/mol. The molecule has 0 aliphatic carbocycles. The van der Waals surface area contributed by atoms with Crippen molar-refractivity contribution in [2.75, 3.05) is 6.61 Å². The largest absolute Gasteiger partial charge is 0.466 e. The molecular formula is C14H21F5O2. The van der Waals surface area contributed by atoms with Gasteiger partial charge in [0.15, 0.2) is 0 Å². The highest BCUT2D eigenvalue weighted by atomic mass is 19.4. The fourth-order valence-electron chi connectivity index (χ4n) is 1.61. The van der Waals surface area contributed by atoms with E-state index in [-0.39, 0.29) is 18.5 Å². The number of carbonyl (C=O) groups excluding carboxylic acids is 1. The first-order valence-electron chi connectivity index (χ1n) is 6.92. The van der Waals surface area contributed by atoms with Gasteiger partial charge in [0, 0.05) is 6.92 Å². The van der Waals surface area contributed by atoms with Crippen molar-refractivity contribution in [1.29, 1.82) is 0 Å². The lowest BCUT2D eigenvalue weighted by Crippen LogP contribution is -2.33. The lowest BCUT2D eigenvalue weighted by molar-refractivity contribution is -0.259. The van der Waals surface area contributed by atoms with Gasteiger partial charge in [0.1, 0.15) is 0 Å². The molecule has 0 heterocycles. The van der Waals surface area contributed by atoms with Crippen molar-refractivity contribution in [3.05, 3.63) is 12.2 Å². The van der Waals surface area contributed by atoms with Crippen molar-refractivity contribution in [1.82, 2.24) is 0 Å². The maximum Gasteiger partial charge on any atom is 0.457 e. The molecule has 0 rings (SSSR count). The molecule has 0 aliphatic heterocycles. The monoisotopic (exact) mass is 316 g/mol. The second-order valence-electron chi connectivity index (χ2n) is 4.77. The van der Waals surface area contributed by atoms with Crippen molar-refractivity contribution in [2.45, 2.75) is 64.0 Å². The van der Waals surface area contributed by atoms with E-state index in [1.54, 1.807) is 0 Å². The van der Waals surface area contributed by atoms with E-state index in [1.807, 2.05) is 0 Å². The molecule has 0 bridgehead atoms. The smallest absolute Gasteiger partial charge is 0.457 e. The molecule has 0 aromatic heterocycles. The summed E-state index contributed by atoms with van der Waals surface area (Å²) in [6.45, 7) is 1.74. The summed E-state index contributed by atoms with van der Waals surface area (Å²) < 4.78 is 65.2. The maximum atomic E-state index is 12.5. The average Bonchev–Trinajstić information content (AvgIpc) is 2.34. The van der Waals surface area contributed by atoms with Crippen molar-refractivity contribution < 1.29 is 31.5 Å². The van der Waals surface area contributed by atoms with Gasteiger partial charge in [0.25, 0.3) is 0 Å². The molecule has 0 fully saturated rings. The molecule has 21 heavy (non-hydrogen) atoms. The van der Waals surface area contributed by atoms with Gasteiger partial charge in [-0.15, -0.1) is 0 Å². The first-order chi connectivity index (χ1) is 9.67.